The smallest absolute Gasteiger partial charge is 0.231 e. The van der Waals surface area contributed by atoms with Crippen LogP contribution in [0.25, 0.3) is 17.5 Å². The zero-order chi connectivity index (χ0) is 21.6. The van der Waals surface area contributed by atoms with Crippen LogP contribution in [0, 0.1) is 6.92 Å². The number of aromatic nitrogens is 2. The highest BCUT2D eigenvalue weighted by Crippen LogP contribution is 2.36. The second-order valence-electron chi connectivity index (χ2n) is 7.08. The van der Waals surface area contributed by atoms with Crippen LogP contribution in [0.2, 0.25) is 0 Å². The molecule has 1 amide bonds. The second kappa shape index (κ2) is 9.78. The van der Waals surface area contributed by atoms with Crippen LogP contribution >= 0.6 is 11.8 Å². The molecule has 0 fully saturated rings. The fraction of sp³-hybridized carbons (Fsp3) is 0.304. The van der Waals surface area contributed by atoms with Crippen LogP contribution < -0.4 is 14.8 Å². The van der Waals surface area contributed by atoms with Crippen molar-refractivity contribution < 1.29 is 18.7 Å². The first-order chi connectivity index (χ1) is 15.1. The maximum Gasteiger partial charge on any atom is 0.231 e. The van der Waals surface area contributed by atoms with Gasteiger partial charge in [0, 0.05) is 35.7 Å². The Morgan fingerprint density at radius 2 is 2.13 bits per heavy atom. The third kappa shape index (κ3) is 5.32. The Kier molecular flexibility index (Phi) is 6.66. The summed E-state index contributed by atoms with van der Waals surface area (Å²) in [4.78, 5) is 19.5. The van der Waals surface area contributed by atoms with E-state index in [1.165, 1.54) is 0 Å². The van der Waals surface area contributed by atoms with Crippen molar-refractivity contribution in [2.45, 2.75) is 20.3 Å². The SMILES string of the molecule is CCNC(=O)CSC/C=C/c1ccc(Cc2nc(-c3ccc4c(c3)OCO4)oc2C)[nH]1. The van der Waals surface area contributed by atoms with Gasteiger partial charge in [-0.25, -0.2) is 4.98 Å². The number of nitrogens with zero attached hydrogens (tertiary/aromatic N) is 1. The van der Waals surface area contributed by atoms with Crippen LogP contribution in [-0.4, -0.2) is 40.7 Å². The van der Waals surface area contributed by atoms with Crippen molar-refractivity contribution in [1.82, 2.24) is 15.3 Å². The van der Waals surface area contributed by atoms with Crippen molar-refractivity contribution in [2.75, 3.05) is 24.8 Å². The molecular formula is C23H25N3O4S. The number of carbonyl (C=O) groups is 1. The lowest BCUT2D eigenvalue weighted by molar-refractivity contribution is -0.118. The molecular weight excluding hydrogens is 414 g/mol. The van der Waals surface area contributed by atoms with Gasteiger partial charge < -0.3 is 24.2 Å². The number of nitrogens with one attached hydrogen (secondary N) is 2. The monoisotopic (exact) mass is 439 g/mol. The van der Waals surface area contributed by atoms with Crippen LogP contribution in [0.5, 0.6) is 11.5 Å². The molecule has 0 aliphatic carbocycles. The van der Waals surface area contributed by atoms with E-state index in [1.807, 2.05) is 44.2 Å². The number of hydrogen-bond acceptors (Lipinski definition) is 6. The molecule has 0 bridgehead atoms. The summed E-state index contributed by atoms with van der Waals surface area (Å²) in [5, 5.41) is 2.79. The fourth-order valence-corrected chi connectivity index (χ4v) is 3.87. The predicted octanol–water partition coefficient (Wildman–Crippen LogP) is 4.18. The van der Waals surface area contributed by atoms with E-state index in [-0.39, 0.29) is 12.7 Å². The summed E-state index contributed by atoms with van der Waals surface area (Å²) in [5.41, 5.74) is 3.83. The quantitative estimate of drug-likeness (QED) is 0.486. The molecule has 31 heavy (non-hydrogen) atoms. The summed E-state index contributed by atoms with van der Waals surface area (Å²) in [6.45, 7) is 4.76. The normalized spacial score (nSPS) is 12.6. The van der Waals surface area contributed by atoms with Gasteiger partial charge in [-0.1, -0.05) is 6.08 Å². The van der Waals surface area contributed by atoms with E-state index >= 15 is 0 Å². The van der Waals surface area contributed by atoms with Crippen molar-refractivity contribution in [1.29, 1.82) is 0 Å². The lowest BCUT2D eigenvalue weighted by atomic mass is 10.2. The molecule has 3 heterocycles. The van der Waals surface area contributed by atoms with E-state index in [1.54, 1.807) is 11.8 Å². The van der Waals surface area contributed by atoms with E-state index in [4.69, 9.17) is 13.9 Å². The molecule has 7 nitrogen and oxygen atoms in total. The van der Waals surface area contributed by atoms with E-state index in [9.17, 15) is 4.79 Å². The lowest BCUT2D eigenvalue weighted by Crippen LogP contribution is -2.24. The second-order valence-corrected chi connectivity index (χ2v) is 8.11. The highest BCUT2D eigenvalue weighted by atomic mass is 32.2. The van der Waals surface area contributed by atoms with E-state index in [2.05, 4.69) is 27.4 Å². The van der Waals surface area contributed by atoms with Gasteiger partial charge in [-0.3, -0.25) is 4.79 Å². The largest absolute Gasteiger partial charge is 0.454 e. The fourth-order valence-electron chi connectivity index (χ4n) is 3.23. The van der Waals surface area contributed by atoms with Gasteiger partial charge in [0.1, 0.15) is 5.76 Å². The van der Waals surface area contributed by atoms with Crippen molar-refractivity contribution in [3.05, 3.63) is 59.2 Å². The third-order valence-corrected chi connectivity index (χ3v) is 5.65. The minimum absolute atomic E-state index is 0.0751. The maximum absolute atomic E-state index is 11.4. The first-order valence-corrected chi connectivity index (χ1v) is 11.3. The molecule has 8 heteroatoms. The zero-order valence-electron chi connectivity index (χ0n) is 17.6. The van der Waals surface area contributed by atoms with Gasteiger partial charge in [0.2, 0.25) is 18.6 Å². The number of carbonyl (C=O) groups excluding carboxylic acids is 1. The van der Waals surface area contributed by atoms with Gasteiger partial charge >= 0.3 is 0 Å². The minimum atomic E-state index is 0.0751. The van der Waals surface area contributed by atoms with E-state index in [0.717, 1.165) is 39.9 Å². The van der Waals surface area contributed by atoms with Crippen LogP contribution in [0.4, 0.5) is 0 Å². The summed E-state index contributed by atoms with van der Waals surface area (Å²) in [6, 6.07) is 9.77. The summed E-state index contributed by atoms with van der Waals surface area (Å²) in [7, 11) is 0. The Morgan fingerprint density at radius 1 is 1.26 bits per heavy atom. The number of benzene rings is 1. The number of aromatic amines is 1. The molecule has 1 aliphatic rings. The van der Waals surface area contributed by atoms with Gasteiger partial charge in [-0.2, -0.15) is 0 Å². The number of oxazole rings is 1. The minimum Gasteiger partial charge on any atom is -0.454 e. The molecule has 2 N–H and O–H groups in total. The predicted molar refractivity (Wildman–Crippen MR) is 121 cm³/mol. The Bertz CT molecular complexity index is 1090. The van der Waals surface area contributed by atoms with Gasteiger partial charge in [0.15, 0.2) is 11.5 Å². The highest BCUT2D eigenvalue weighted by Gasteiger charge is 2.18. The molecule has 4 rings (SSSR count). The molecule has 1 aliphatic heterocycles. The number of aryl methyl sites for hydroxylation is 1. The number of H-pyrrole nitrogens is 1. The molecule has 1 aromatic carbocycles. The van der Waals surface area contributed by atoms with Gasteiger partial charge in [-0.15, -0.1) is 11.8 Å². The Labute approximate surface area is 185 Å². The molecule has 0 radical (unpaired) electrons. The maximum atomic E-state index is 11.4. The highest BCUT2D eigenvalue weighted by molar-refractivity contribution is 8.00. The van der Waals surface area contributed by atoms with Crippen molar-refractivity contribution >= 4 is 23.7 Å². The number of hydrogen-bond donors (Lipinski definition) is 2. The van der Waals surface area contributed by atoms with E-state index in [0.29, 0.717) is 30.4 Å². The molecule has 0 saturated heterocycles. The van der Waals surface area contributed by atoms with Gasteiger partial charge in [-0.05, 0) is 50.3 Å². The number of ether oxygens (including phenoxy) is 2. The molecule has 2 aromatic heterocycles. The van der Waals surface area contributed by atoms with Gasteiger partial charge in [0.25, 0.3) is 0 Å². The molecule has 0 unspecified atom stereocenters. The number of thioether (sulfide) groups is 1. The molecule has 0 spiro atoms. The van der Waals surface area contributed by atoms with Crippen LogP contribution in [-0.2, 0) is 11.2 Å². The first kappa shape index (κ1) is 21.1. The van der Waals surface area contributed by atoms with Crippen LogP contribution in [0.1, 0.15) is 29.8 Å². The lowest BCUT2D eigenvalue weighted by Gasteiger charge is -1.99. The number of rotatable bonds is 9. The molecule has 3 aromatic rings. The van der Waals surface area contributed by atoms with Crippen molar-refractivity contribution in [3.63, 3.8) is 0 Å². The zero-order valence-corrected chi connectivity index (χ0v) is 18.4. The van der Waals surface area contributed by atoms with E-state index < -0.39 is 0 Å². The number of amides is 1. The van der Waals surface area contributed by atoms with Crippen molar-refractivity contribution in [2.24, 2.45) is 0 Å². The summed E-state index contributed by atoms with van der Waals surface area (Å²) >= 11 is 1.59. The summed E-state index contributed by atoms with van der Waals surface area (Å²) < 4.78 is 16.7. The first-order valence-electron chi connectivity index (χ1n) is 10.2. The third-order valence-electron chi connectivity index (χ3n) is 4.76. The summed E-state index contributed by atoms with van der Waals surface area (Å²) in [6.07, 6.45) is 4.74. The Morgan fingerprint density at radius 3 is 3.00 bits per heavy atom. The van der Waals surface area contributed by atoms with Gasteiger partial charge in [0.05, 0.1) is 11.4 Å². The Hall–Kier alpha value is -3.13. The number of fused-ring (bicyclic) bond motifs is 1. The topological polar surface area (TPSA) is 89.4 Å². The van der Waals surface area contributed by atoms with Crippen LogP contribution in [0.3, 0.4) is 0 Å². The standard InChI is InChI=1S/C23H25N3O4S/c1-3-24-22(27)13-31-10-4-5-17-7-8-18(25-17)12-19-15(2)30-23(26-19)16-6-9-20-21(11-16)29-14-28-20/h4-9,11,25H,3,10,12-14H2,1-2H3,(H,24,27)/b5-4+. The van der Waals surface area contributed by atoms with Crippen LogP contribution in [0.15, 0.2) is 40.8 Å². The molecule has 0 saturated carbocycles. The average Bonchev–Trinajstić information content (AvgIpc) is 3.48. The average molecular weight is 440 g/mol. The molecule has 162 valence electrons. The Balaban J connectivity index is 1.34. The molecule has 0 atom stereocenters. The summed E-state index contributed by atoms with van der Waals surface area (Å²) in [5.74, 6) is 4.15. The van der Waals surface area contributed by atoms with Crippen molar-refractivity contribution in [3.8, 4) is 23.0 Å².